The van der Waals surface area contributed by atoms with Crippen LogP contribution in [-0.2, 0) is 6.54 Å². The monoisotopic (exact) mass is 306 g/mol. The van der Waals surface area contributed by atoms with Gasteiger partial charge in [-0.2, -0.15) is 0 Å². The van der Waals surface area contributed by atoms with Crippen LogP contribution in [-0.4, -0.2) is 15.1 Å². The first-order chi connectivity index (χ1) is 9.91. The highest BCUT2D eigenvalue weighted by atomic mass is 35.5. The number of rotatable bonds is 4. The number of halogens is 1. The van der Waals surface area contributed by atoms with Crippen molar-refractivity contribution in [3.8, 4) is 0 Å². The predicted octanol–water partition coefficient (Wildman–Crippen LogP) is 3.58. The van der Waals surface area contributed by atoms with Gasteiger partial charge in [0.15, 0.2) is 11.0 Å². The Hall–Kier alpha value is -2.21. The van der Waals surface area contributed by atoms with Crippen LogP contribution in [0.25, 0.3) is 0 Å². The Kier molecular flexibility index (Phi) is 4.37. The molecule has 0 aliphatic heterocycles. The third-order valence-corrected chi connectivity index (χ3v) is 3.88. The highest BCUT2D eigenvalue weighted by molar-refractivity contribution is 6.30. The fourth-order valence-electron chi connectivity index (χ4n) is 1.98. The van der Waals surface area contributed by atoms with Gasteiger partial charge in [-0.3, -0.25) is 10.1 Å². The maximum absolute atomic E-state index is 10.9. The van der Waals surface area contributed by atoms with E-state index >= 15 is 0 Å². The van der Waals surface area contributed by atoms with Gasteiger partial charge in [-0.1, -0.05) is 23.7 Å². The molecule has 110 valence electrons. The van der Waals surface area contributed by atoms with Gasteiger partial charge in [0.05, 0.1) is 4.92 Å². The number of nitrogens with zero attached hydrogens (tertiary/aromatic N) is 3. The zero-order valence-corrected chi connectivity index (χ0v) is 12.7. The molecule has 0 saturated carbocycles. The van der Waals surface area contributed by atoms with E-state index in [2.05, 4.69) is 15.5 Å². The lowest BCUT2D eigenvalue weighted by atomic mass is 10.1. The molecule has 0 aliphatic rings. The van der Waals surface area contributed by atoms with Crippen molar-refractivity contribution in [3.05, 3.63) is 55.7 Å². The lowest BCUT2D eigenvalue weighted by Gasteiger charge is -2.11. The van der Waals surface area contributed by atoms with E-state index in [1.807, 2.05) is 19.9 Å². The van der Waals surface area contributed by atoms with Crippen molar-refractivity contribution in [1.29, 1.82) is 0 Å². The van der Waals surface area contributed by atoms with E-state index < -0.39 is 0 Å². The van der Waals surface area contributed by atoms with E-state index in [0.717, 1.165) is 16.7 Å². The Bertz CT molecular complexity index is 704. The van der Waals surface area contributed by atoms with Crippen LogP contribution in [0, 0.1) is 30.9 Å². The minimum atomic E-state index is -0.379. The lowest BCUT2D eigenvalue weighted by Crippen LogP contribution is -2.07. The summed E-state index contributed by atoms with van der Waals surface area (Å²) in [6, 6.07) is 5.02. The van der Waals surface area contributed by atoms with Crippen LogP contribution in [0.3, 0.4) is 0 Å². The van der Waals surface area contributed by atoms with Gasteiger partial charge < -0.3 is 5.32 Å². The fraction of sp³-hybridized carbons (Fsp3) is 0.286. The quantitative estimate of drug-likeness (QED) is 0.689. The van der Waals surface area contributed by atoms with Crippen molar-refractivity contribution >= 4 is 23.1 Å². The summed E-state index contributed by atoms with van der Waals surface area (Å²) in [7, 11) is 0. The van der Waals surface area contributed by atoms with Gasteiger partial charge in [0, 0.05) is 18.2 Å². The summed E-state index contributed by atoms with van der Waals surface area (Å²) in [5, 5.41) is 22.3. The van der Waals surface area contributed by atoms with Crippen LogP contribution in [0.1, 0.15) is 22.3 Å². The molecular formula is C14H15ClN4O2. The minimum absolute atomic E-state index is 0.115. The smallest absolute Gasteiger partial charge is 0.272 e. The van der Waals surface area contributed by atoms with Crippen molar-refractivity contribution in [2.24, 2.45) is 0 Å². The third-order valence-electron chi connectivity index (χ3n) is 3.53. The van der Waals surface area contributed by atoms with Crippen LogP contribution < -0.4 is 5.32 Å². The van der Waals surface area contributed by atoms with Crippen LogP contribution >= 0.6 is 11.6 Å². The molecule has 1 N–H and O–H groups in total. The molecule has 1 aromatic carbocycles. The van der Waals surface area contributed by atoms with E-state index in [1.165, 1.54) is 6.07 Å². The fourth-order valence-corrected chi connectivity index (χ4v) is 2.16. The van der Waals surface area contributed by atoms with Crippen LogP contribution in [0.15, 0.2) is 18.2 Å². The van der Waals surface area contributed by atoms with Gasteiger partial charge in [-0.25, -0.2) is 0 Å². The zero-order chi connectivity index (χ0) is 15.6. The van der Waals surface area contributed by atoms with Gasteiger partial charge in [-0.05, 0) is 37.5 Å². The Labute approximate surface area is 127 Å². The molecule has 0 atom stereocenters. The largest absolute Gasteiger partial charge is 0.364 e. The second-order valence-corrected chi connectivity index (χ2v) is 5.12. The van der Waals surface area contributed by atoms with Gasteiger partial charge in [0.1, 0.15) is 0 Å². The number of benzene rings is 1. The summed E-state index contributed by atoms with van der Waals surface area (Å²) in [4.78, 5) is 10.6. The average Bonchev–Trinajstić information content (AvgIpc) is 2.45. The minimum Gasteiger partial charge on any atom is -0.364 e. The Morgan fingerprint density at radius 3 is 2.57 bits per heavy atom. The van der Waals surface area contributed by atoms with E-state index in [-0.39, 0.29) is 10.6 Å². The molecular weight excluding hydrogens is 292 g/mol. The summed E-state index contributed by atoms with van der Waals surface area (Å²) in [5.41, 5.74) is 3.39. The molecule has 7 heteroatoms. The molecule has 21 heavy (non-hydrogen) atoms. The van der Waals surface area contributed by atoms with Crippen molar-refractivity contribution in [2.75, 3.05) is 5.32 Å². The summed E-state index contributed by atoms with van der Waals surface area (Å²) in [5.74, 6) is 0.628. The first-order valence-corrected chi connectivity index (χ1v) is 6.75. The molecule has 0 radical (unpaired) electrons. The van der Waals surface area contributed by atoms with Gasteiger partial charge in [-0.15, -0.1) is 10.2 Å². The van der Waals surface area contributed by atoms with E-state index in [4.69, 9.17) is 11.6 Å². The number of anilines is 1. The van der Waals surface area contributed by atoms with Crippen LogP contribution in [0.5, 0.6) is 0 Å². The average molecular weight is 307 g/mol. The summed E-state index contributed by atoms with van der Waals surface area (Å²) in [6.07, 6.45) is 0. The second-order valence-electron chi connectivity index (χ2n) is 4.76. The topological polar surface area (TPSA) is 81.0 Å². The standard InChI is InChI=1S/C14H15ClN4O2/c1-8-9(2)14(18-17-13(8)15)16-7-11-5-4-6-12(10(11)3)19(20)21/h4-6H,7H2,1-3H3,(H,16,18). The van der Waals surface area contributed by atoms with Gasteiger partial charge in [0.2, 0.25) is 0 Å². The van der Waals surface area contributed by atoms with Crippen LogP contribution in [0.2, 0.25) is 5.15 Å². The lowest BCUT2D eigenvalue weighted by molar-refractivity contribution is -0.385. The highest BCUT2D eigenvalue weighted by Gasteiger charge is 2.14. The van der Waals surface area contributed by atoms with E-state index in [1.54, 1.807) is 13.0 Å². The van der Waals surface area contributed by atoms with E-state index in [0.29, 0.717) is 23.1 Å². The van der Waals surface area contributed by atoms with Crippen molar-refractivity contribution in [2.45, 2.75) is 27.3 Å². The third kappa shape index (κ3) is 3.11. The number of nitro groups is 1. The molecule has 0 amide bonds. The molecule has 0 bridgehead atoms. The Balaban J connectivity index is 2.23. The Morgan fingerprint density at radius 2 is 1.90 bits per heavy atom. The molecule has 0 unspecified atom stereocenters. The first kappa shape index (κ1) is 15.2. The van der Waals surface area contributed by atoms with Gasteiger partial charge in [0.25, 0.3) is 5.69 Å². The normalized spacial score (nSPS) is 10.5. The molecule has 0 fully saturated rings. The van der Waals surface area contributed by atoms with Gasteiger partial charge >= 0.3 is 0 Å². The zero-order valence-electron chi connectivity index (χ0n) is 12.0. The molecule has 6 nitrogen and oxygen atoms in total. The number of aromatic nitrogens is 2. The van der Waals surface area contributed by atoms with Crippen molar-refractivity contribution < 1.29 is 4.92 Å². The highest BCUT2D eigenvalue weighted by Crippen LogP contribution is 2.24. The van der Waals surface area contributed by atoms with E-state index in [9.17, 15) is 10.1 Å². The first-order valence-electron chi connectivity index (χ1n) is 6.38. The molecule has 0 aliphatic carbocycles. The predicted molar refractivity (Wildman–Crippen MR) is 81.7 cm³/mol. The summed E-state index contributed by atoms with van der Waals surface area (Å²) >= 11 is 5.91. The Morgan fingerprint density at radius 1 is 1.19 bits per heavy atom. The summed E-state index contributed by atoms with van der Waals surface area (Å²) in [6.45, 7) is 5.94. The maximum atomic E-state index is 10.9. The number of hydrogen-bond donors (Lipinski definition) is 1. The summed E-state index contributed by atoms with van der Waals surface area (Å²) < 4.78 is 0. The molecule has 2 aromatic rings. The molecule has 0 spiro atoms. The SMILES string of the molecule is Cc1c(CNc2nnc(Cl)c(C)c2C)cccc1[N+](=O)[O-]. The van der Waals surface area contributed by atoms with Crippen molar-refractivity contribution in [3.63, 3.8) is 0 Å². The van der Waals surface area contributed by atoms with Crippen molar-refractivity contribution in [1.82, 2.24) is 10.2 Å². The number of nitro benzene ring substituents is 1. The molecule has 0 saturated heterocycles. The number of nitrogens with one attached hydrogen (secondary N) is 1. The maximum Gasteiger partial charge on any atom is 0.272 e. The molecule has 2 rings (SSSR count). The second kappa shape index (κ2) is 6.05. The number of hydrogen-bond acceptors (Lipinski definition) is 5. The van der Waals surface area contributed by atoms with Crippen LogP contribution in [0.4, 0.5) is 11.5 Å². The molecule has 1 aromatic heterocycles. The molecule has 1 heterocycles.